The van der Waals surface area contributed by atoms with Crippen LogP contribution in [0.2, 0.25) is 10.0 Å². The Morgan fingerprint density at radius 3 is 2.95 bits per heavy atom. The molecule has 1 heterocycles. The second-order valence-corrected chi connectivity index (χ2v) is 7.14. The van der Waals surface area contributed by atoms with Crippen LogP contribution in [-0.4, -0.2) is 40.4 Å². The monoisotopic (exact) mass is 333 g/mol. The largest absolute Gasteiger partial charge is 0.388 e. The highest BCUT2D eigenvalue weighted by molar-refractivity contribution is 8.00. The van der Waals surface area contributed by atoms with E-state index < -0.39 is 5.60 Å². The van der Waals surface area contributed by atoms with Gasteiger partial charge < -0.3 is 10.0 Å². The average molecular weight is 334 g/mol. The molecule has 3 nitrogen and oxygen atoms in total. The van der Waals surface area contributed by atoms with E-state index in [1.165, 1.54) is 11.8 Å². The SMILES string of the molecule is CC1(O)CCCN(C(=O)CSc2cc(Cl)ccc2Cl)C1. The van der Waals surface area contributed by atoms with Gasteiger partial charge in [-0.15, -0.1) is 11.8 Å². The summed E-state index contributed by atoms with van der Waals surface area (Å²) in [5, 5.41) is 11.2. The summed E-state index contributed by atoms with van der Waals surface area (Å²) in [5.41, 5.74) is -0.772. The second-order valence-electron chi connectivity index (χ2n) is 5.28. The summed E-state index contributed by atoms with van der Waals surface area (Å²) in [4.78, 5) is 14.7. The fourth-order valence-electron chi connectivity index (χ4n) is 2.25. The minimum Gasteiger partial charge on any atom is -0.388 e. The van der Waals surface area contributed by atoms with Gasteiger partial charge in [0.05, 0.1) is 16.4 Å². The van der Waals surface area contributed by atoms with Crippen LogP contribution in [-0.2, 0) is 4.79 Å². The van der Waals surface area contributed by atoms with Crippen LogP contribution in [0.4, 0.5) is 0 Å². The van der Waals surface area contributed by atoms with E-state index >= 15 is 0 Å². The van der Waals surface area contributed by atoms with Gasteiger partial charge in [0.25, 0.3) is 0 Å². The Bertz CT molecular complexity index is 508. The Balaban J connectivity index is 1.93. The molecule has 0 aliphatic carbocycles. The van der Waals surface area contributed by atoms with Gasteiger partial charge in [0.15, 0.2) is 0 Å². The smallest absolute Gasteiger partial charge is 0.233 e. The van der Waals surface area contributed by atoms with Gasteiger partial charge in [0.1, 0.15) is 0 Å². The number of amides is 1. The third-order valence-electron chi connectivity index (χ3n) is 3.27. The van der Waals surface area contributed by atoms with Gasteiger partial charge in [0, 0.05) is 23.0 Å². The molecule has 1 saturated heterocycles. The second kappa shape index (κ2) is 6.56. The number of carbonyl (C=O) groups excluding carboxylic acids is 1. The highest BCUT2D eigenvalue weighted by atomic mass is 35.5. The zero-order valence-electron chi connectivity index (χ0n) is 11.2. The predicted octanol–water partition coefficient (Wildman–Crippen LogP) is 3.46. The van der Waals surface area contributed by atoms with Crippen molar-refractivity contribution in [3.8, 4) is 0 Å². The van der Waals surface area contributed by atoms with E-state index in [-0.39, 0.29) is 5.91 Å². The van der Waals surface area contributed by atoms with E-state index in [0.717, 1.165) is 17.7 Å². The van der Waals surface area contributed by atoms with Crippen molar-refractivity contribution < 1.29 is 9.90 Å². The Labute approximate surface area is 133 Å². The first-order valence-electron chi connectivity index (χ1n) is 6.45. The van der Waals surface area contributed by atoms with E-state index in [1.54, 1.807) is 30.0 Å². The number of piperidine rings is 1. The van der Waals surface area contributed by atoms with Crippen LogP contribution < -0.4 is 0 Å². The molecule has 0 radical (unpaired) electrons. The molecule has 0 saturated carbocycles. The lowest BCUT2D eigenvalue weighted by Crippen LogP contribution is -2.49. The van der Waals surface area contributed by atoms with Crippen LogP contribution in [0.15, 0.2) is 23.1 Å². The molecule has 6 heteroatoms. The van der Waals surface area contributed by atoms with E-state index in [9.17, 15) is 9.90 Å². The molecular formula is C14H17Cl2NO2S. The Hall–Kier alpha value is -0.420. The van der Waals surface area contributed by atoms with E-state index in [0.29, 0.717) is 28.9 Å². The maximum atomic E-state index is 12.2. The summed E-state index contributed by atoms with van der Waals surface area (Å²) < 4.78 is 0. The van der Waals surface area contributed by atoms with Crippen LogP contribution in [0.1, 0.15) is 19.8 Å². The third-order valence-corrected chi connectivity index (χ3v) is 4.99. The van der Waals surface area contributed by atoms with Crippen molar-refractivity contribution in [3.05, 3.63) is 28.2 Å². The molecule has 1 atom stereocenters. The number of rotatable bonds is 3. The highest BCUT2D eigenvalue weighted by Gasteiger charge is 2.30. The Kier molecular flexibility index (Phi) is 5.24. The summed E-state index contributed by atoms with van der Waals surface area (Å²) in [7, 11) is 0. The van der Waals surface area contributed by atoms with Gasteiger partial charge in [-0.2, -0.15) is 0 Å². The molecule has 1 aromatic carbocycles. The van der Waals surface area contributed by atoms with Crippen LogP contribution in [0, 0.1) is 0 Å². The third kappa shape index (κ3) is 4.29. The minimum absolute atomic E-state index is 0.0195. The summed E-state index contributed by atoms with van der Waals surface area (Å²) in [5.74, 6) is 0.321. The summed E-state index contributed by atoms with van der Waals surface area (Å²) >= 11 is 13.4. The van der Waals surface area contributed by atoms with Crippen LogP contribution >= 0.6 is 35.0 Å². The lowest BCUT2D eigenvalue weighted by Gasteiger charge is -2.36. The molecule has 1 aliphatic rings. The van der Waals surface area contributed by atoms with Crippen molar-refractivity contribution in [3.63, 3.8) is 0 Å². The van der Waals surface area contributed by atoms with Gasteiger partial charge in [-0.05, 0) is 38.0 Å². The number of hydrogen-bond donors (Lipinski definition) is 1. The molecule has 0 spiro atoms. The molecular weight excluding hydrogens is 317 g/mol. The number of aliphatic hydroxyl groups is 1. The highest BCUT2D eigenvalue weighted by Crippen LogP contribution is 2.30. The molecule has 2 rings (SSSR count). The van der Waals surface area contributed by atoms with Gasteiger partial charge in [0.2, 0.25) is 5.91 Å². The number of thioether (sulfide) groups is 1. The van der Waals surface area contributed by atoms with E-state index in [4.69, 9.17) is 23.2 Å². The standard InChI is InChI=1S/C14H17Cl2NO2S/c1-14(19)5-2-6-17(9-14)13(18)8-20-12-7-10(15)3-4-11(12)16/h3-4,7,19H,2,5-6,8-9H2,1H3. The van der Waals surface area contributed by atoms with Crippen molar-refractivity contribution in [1.82, 2.24) is 4.90 Å². The molecule has 0 aromatic heterocycles. The van der Waals surface area contributed by atoms with E-state index in [2.05, 4.69) is 0 Å². The maximum Gasteiger partial charge on any atom is 0.233 e. The lowest BCUT2D eigenvalue weighted by molar-refractivity contribution is -0.134. The molecule has 1 unspecified atom stereocenters. The zero-order chi connectivity index (χ0) is 14.8. The van der Waals surface area contributed by atoms with Crippen molar-refractivity contribution >= 4 is 40.9 Å². The number of benzene rings is 1. The maximum absolute atomic E-state index is 12.2. The molecule has 1 aliphatic heterocycles. The van der Waals surface area contributed by atoms with Crippen molar-refractivity contribution in [2.24, 2.45) is 0 Å². The number of halogens is 2. The van der Waals surface area contributed by atoms with E-state index in [1.807, 2.05) is 0 Å². The van der Waals surface area contributed by atoms with Gasteiger partial charge in [-0.25, -0.2) is 0 Å². The van der Waals surface area contributed by atoms with Crippen LogP contribution in [0.5, 0.6) is 0 Å². The molecule has 1 amide bonds. The fraction of sp³-hybridized carbons (Fsp3) is 0.500. The summed E-state index contributed by atoms with van der Waals surface area (Å²) in [6, 6.07) is 5.20. The molecule has 1 fully saturated rings. The molecule has 20 heavy (non-hydrogen) atoms. The first kappa shape index (κ1) is 16.0. The van der Waals surface area contributed by atoms with Crippen molar-refractivity contribution in [2.45, 2.75) is 30.3 Å². The fourth-order valence-corrected chi connectivity index (χ4v) is 3.65. The number of carbonyl (C=O) groups is 1. The first-order chi connectivity index (χ1) is 9.37. The zero-order valence-corrected chi connectivity index (χ0v) is 13.6. The quantitative estimate of drug-likeness (QED) is 0.861. The summed E-state index contributed by atoms with van der Waals surface area (Å²) in [6.07, 6.45) is 1.57. The molecule has 1 aromatic rings. The van der Waals surface area contributed by atoms with Crippen LogP contribution in [0.3, 0.4) is 0 Å². The van der Waals surface area contributed by atoms with Crippen molar-refractivity contribution in [1.29, 1.82) is 0 Å². The molecule has 110 valence electrons. The van der Waals surface area contributed by atoms with Gasteiger partial charge in [-0.1, -0.05) is 23.2 Å². The predicted molar refractivity (Wildman–Crippen MR) is 83.6 cm³/mol. The Morgan fingerprint density at radius 1 is 1.50 bits per heavy atom. The molecule has 1 N–H and O–H groups in total. The minimum atomic E-state index is -0.772. The van der Waals surface area contributed by atoms with Gasteiger partial charge in [-0.3, -0.25) is 4.79 Å². The summed E-state index contributed by atoms with van der Waals surface area (Å²) in [6.45, 7) is 2.88. The van der Waals surface area contributed by atoms with Gasteiger partial charge >= 0.3 is 0 Å². The lowest BCUT2D eigenvalue weighted by atomic mass is 9.95. The normalized spacial score (nSPS) is 22.9. The number of likely N-dealkylation sites (tertiary alicyclic amines) is 1. The number of hydrogen-bond acceptors (Lipinski definition) is 3. The topological polar surface area (TPSA) is 40.5 Å². The van der Waals surface area contributed by atoms with Crippen LogP contribution in [0.25, 0.3) is 0 Å². The molecule has 0 bridgehead atoms. The van der Waals surface area contributed by atoms with Crippen molar-refractivity contribution in [2.75, 3.05) is 18.8 Å². The first-order valence-corrected chi connectivity index (χ1v) is 8.19. The average Bonchev–Trinajstić information content (AvgIpc) is 2.38. The Morgan fingerprint density at radius 2 is 2.25 bits per heavy atom. The number of β-amino-alcohol motifs (C(OH)–C–C–N with tert-alkyl or cyclic N) is 1. The number of nitrogens with zero attached hydrogens (tertiary/aromatic N) is 1.